The van der Waals surface area contributed by atoms with Gasteiger partial charge in [-0.3, -0.25) is 0 Å². The lowest BCUT2D eigenvalue weighted by Gasteiger charge is -2.06. The van der Waals surface area contributed by atoms with Crippen molar-refractivity contribution in [3.05, 3.63) is 29.0 Å². The number of benzene rings is 1. The van der Waals surface area contributed by atoms with Gasteiger partial charge in [-0.1, -0.05) is 6.07 Å². The highest BCUT2D eigenvalue weighted by molar-refractivity contribution is 9.10. The molecule has 6 heteroatoms. The average molecular weight is 275 g/mol. The zero-order valence-corrected chi connectivity index (χ0v) is 8.91. The molecule has 2 rings (SSSR count). The third-order valence-electron chi connectivity index (χ3n) is 1.72. The van der Waals surface area contributed by atoms with Gasteiger partial charge in [0.1, 0.15) is 10.1 Å². The molecule has 0 bridgehead atoms. The molecule has 0 aliphatic carbocycles. The van der Waals surface area contributed by atoms with Crippen LogP contribution >= 0.6 is 15.9 Å². The second-order valence-corrected chi connectivity index (χ2v) is 3.51. The Hall–Kier alpha value is -1.30. The summed E-state index contributed by atoms with van der Waals surface area (Å²) in [5, 5.41) is 0. The Morgan fingerprint density at radius 2 is 2.13 bits per heavy atom. The quantitative estimate of drug-likeness (QED) is 0.845. The van der Waals surface area contributed by atoms with Crippen LogP contribution in [0.4, 0.5) is 8.78 Å². The predicted octanol–water partition coefficient (Wildman–Crippen LogP) is 2.99. The van der Waals surface area contributed by atoms with Gasteiger partial charge in [0.2, 0.25) is 0 Å². The van der Waals surface area contributed by atoms with E-state index in [9.17, 15) is 8.78 Å². The van der Waals surface area contributed by atoms with Crippen molar-refractivity contribution in [3.8, 4) is 5.75 Å². The Kier molecular flexibility index (Phi) is 2.77. The van der Waals surface area contributed by atoms with Crippen LogP contribution in [0.1, 0.15) is 0 Å². The third kappa shape index (κ3) is 2.20. The van der Waals surface area contributed by atoms with Crippen molar-refractivity contribution in [2.75, 3.05) is 0 Å². The Bertz CT molecular complexity index is 492. The van der Waals surface area contributed by atoms with Crippen molar-refractivity contribution in [1.82, 2.24) is 9.97 Å². The molecule has 15 heavy (non-hydrogen) atoms. The minimum atomic E-state index is -2.86. The lowest BCUT2D eigenvalue weighted by molar-refractivity contribution is -0.0489. The molecule has 2 aromatic rings. The van der Waals surface area contributed by atoms with Gasteiger partial charge in [0.25, 0.3) is 0 Å². The summed E-state index contributed by atoms with van der Waals surface area (Å²) in [5.41, 5.74) is 0.823. The van der Waals surface area contributed by atoms with E-state index >= 15 is 0 Å². The average Bonchev–Trinajstić information content (AvgIpc) is 2.16. The number of hydrogen-bond donors (Lipinski definition) is 0. The lowest BCUT2D eigenvalue weighted by Crippen LogP contribution is -2.03. The number of fused-ring (bicyclic) bond motifs is 1. The van der Waals surface area contributed by atoms with Gasteiger partial charge in [0.15, 0.2) is 5.75 Å². The molecular weight excluding hydrogens is 270 g/mol. The van der Waals surface area contributed by atoms with Crippen LogP contribution in [0.5, 0.6) is 5.75 Å². The fraction of sp³-hybridized carbons (Fsp3) is 0.111. The van der Waals surface area contributed by atoms with Crippen LogP contribution in [-0.2, 0) is 0 Å². The van der Waals surface area contributed by atoms with Crippen LogP contribution in [0.15, 0.2) is 29.0 Å². The van der Waals surface area contributed by atoms with E-state index in [1.807, 2.05) is 0 Å². The van der Waals surface area contributed by atoms with E-state index in [0.29, 0.717) is 15.6 Å². The molecule has 78 valence electrons. The monoisotopic (exact) mass is 274 g/mol. The molecule has 1 aromatic carbocycles. The number of para-hydroxylation sites is 1. The Morgan fingerprint density at radius 1 is 1.33 bits per heavy atom. The van der Waals surface area contributed by atoms with Crippen LogP contribution in [0.25, 0.3) is 11.0 Å². The summed E-state index contributed by atoms with van der Waals surface area (Å²) in [6.45, 7) is -2.86. The maximum atomic E-state index is 12.0. The fourth-order valence-electron chi connectivity index (χ4n) is 1.18. The summed E-state index contributed by atoms with van der Waals surface area (Å²) in [7, 11) is 0. The maximum Gasteiger partial charge on any atom is 0.387 e. The first-order chi connectivity index (χ1) is 7.16. The van der Waals surface area contributed by atoms with E-state index in [4.69, 9.17) is 0 Å². The Morgan fingerprint density at radius 3 is 2.87 bits per heavy atom. The summed E-state index contributed by atoms with van der Waals surface area (Å²) in [5.74, 6) is 0.0301. The minimum absolute atomic E-state index is 0.0301. The Balaban J connectivity index is 2.56. The molecule has 1 aromatic heterocycles. The van der Waals surface area contributed by atoms with E-state index in [1.54, 1.807) is 12.1 Å². The van der Waals surface area contributed by atoms with E-state index < -0.39 is 6.61 Å². The smallest absolute Gasteiger partial charge is 0.387 e. The van der Waals surface area contributed by atoms with Crippen LogP contribution in [0.3, 0.4) is 0 Å². The molecule has 0 aliphatic rings. The standard InChI is InChI=1S/C9H5BrF2N2O/c10-7-4-13-8-5(14-7)2-1-3-6(8)15-9(11)12/h1-4,9H. The highest BCUT2D eigenvalue weighted by Gasteiger charge is 2.09. The van der Waals surface area contributed by atoms with Gasteiger partial charge in [-0.2, -0.15) is 8.78 Å². The van der Waals surface area contributed by atoms with Crippen molar-refractivity contribution in [2.24, 2.45) is 0 Å². The molecular formula is C9H5BrF2N2O. The second-order valence-electron chi connectivity index (χ2n) is 2.70. The summed E-state index contributed by atoms with van der Waals surface area (Å²) < 4.78 is 29.0. The van der Waals surface area contributed by atoms with Gasteiger partial charge in [0.05, 0.1) is 11.7 Å². The lowest BCUT2D eigenvalue weighted by atomic mass is 10.3. The van der Waals surface area contributed by atoms with Crippen molar-refractivity contribution < 1.29 is 13.5 Å². The first kappa shape index (κ1) is 10.2. The number of alkyl halides is 2. The van der Waals surface area contributed by atoms with Crippen LogP contribution in [0.2, 0.25) is 0 Å². The van der Waals surface area contributed by atoms with E-state index in [0.717, 1.165) is 0 Å². The summed E-state index contributed by atoms with van der Waals surface area (Å²) in [6, 6.07) is 4.68. The van der Waals surface area contributed by atoms with E-state index in [1.165, 1.54) is 12.3 Å². The minimum Gasteiger partial charge on any atom is -0.432 e. The van der Waals surface area contributed by atoms with Gasteiger partial charge in [-0.25, -0.2) is 9.97 Å². The van der Waals surface area contributed by atoms with Crippen molar-refractivity contribution >= 4 is 27.0 Å². The number of rotatable bonds is 2. The SMILES string of the molecule is FC(F)Oc1cccc2nc(Br)cnc12. The summed E-state index contributed by atoms with van der Waals surface area (Å²) in [4.78, 5) is 8.04. The van der Waals surface area contributed by atoms with Crippen molar-refractivity contribution in [2.45, 2.75) is 6.61 Å². The molecule has 1 heterocycles. The van der Waals surface area contributed by atoms with Gasteiger partial charge >= 0.3 is 6.61 Å². The van der Waals surface area contributed by atoms with Crippen LogP contribution in [0, 0.1) is 0 Å². The fourth-order valence-corrected chi connectivity index (χ4v) is 1.48. The Labute approximate surface area is 92.2 Å². The van der Waals surface area contributed by atoms with Crippen LogP contribution < -0.4 is 4.74 Å². The topological polar surface area (TPSA) is 35.0 Å². The molecule has 3 nitrogen and oxygen atoms in total. The molecule has 0 saturated heterocycles. The maximum absolute atomic E-state index is 12.0. The van der Waals surface area contributed by atoms with Gasteiger partial charge in [-0.15, -0.1) is 0 Å². The molecule has 0 aliphatic heterocycles. The molecule has 0 atom stereocenters. The zero-order chi connectivity index (χ0) is 10.8. The van der Waals surface area contributed by atoms with E-state index in [-0.39, 0.29) is 5.75 Å². The second kappa shape index (κ2) is 4.06. The normalized spacial score (nSPS) is 10.9. The molecule has 0 fully saturated rings. The number of halogens is 3. The number of hydrogen-bond acceptors (Lipinski definition) is 3. The molecule has 0 spiro atoms. The third-order valence-corrected chi connectivity index (χ3v) is 2.10. The largest absolute Gasteiger partial charge is 0.432 e. The van der Waals surface area contributed by atoms with Gasteiger partial charge in [-0.05, 0) is 28.1 Å². The highest BCUT2D eigenvalue weighted by Crippen LogP contribution is 2.24. The number of nitrogens with zero attached hydrogens (tertiary/aromatic N) is 2. The molecule has 0 unspecified atom stereocenters. The first-order valence-electron chi connectivity index (χ1n) is 4.03. The van der Waals surface area contributed by atoms with E-state index in [2.05, 4.69) is 30.6 Å². The first-order valence-corrected chi connectivity index (χ1v) is 4.82. The number of ether oxygens (including phenoxy) is 1. The predicted molar refractivity (Wildman–Crippen MR) is 53.9 cm³/mol. The van der Waals surface area contributed by atoms with Gasteiger partial charge < -0.3 is 4.74 Å². The van der Waals surface area contributed by atoms with Gasteiger partial charge in [0, 0.05) is 0 Å². The van der Waals surface area contributed by atoms with Crippen molar-refractivity contribution in [3.63, 3.8) is 0 Å². The van der Waals surface area contributed by atoms with Crippen molar-refractivity contribution in [1.29, 1.82) is 0 Å². The molecule has 0 N–H and O–H groups in total. The van der Waals surface area contributed by atoms with Crippen LogP contribution in [-0.4, -0.2) is 16.6 Å². The highest BCUT2D eigenvalue weighted by atomic mass is 79.9. The summed E-state index contributed by atoms with van der Waals surface area (Å²) in [6.07, 6.45) is 1.43. The zero-order valence-electron chi connectivity index (χ0n) is 7.32. The summed E-state index contributed by atoms with van der Waals surface area (Å²) >= 11 is 3.15. The number of aromatic nitrogens is 2. The molecule has 0 amide bonds. The molecule has 0 saturated carbocycles. The molecule has 0 radical (unpaired) electrons.